The van der Waals surface area contributed by atoms with Gasteiger partial charge in [-0.05, 0) is 38.0 Å². The highest BCUT2D eigenvalue weighted by atomic mass is 32.1. The summed E-state index contributed by atoms with van der Waals surface area (Å²) >= 11 is 1.65. The molecule has 8 nitrogen and oxygen atoms in total. The average Bonchev–Trinajstić information content (AvgIpc) is 3.41. The first kappa shape index (κ1) is 19.5. The van der Waals surface area contributed by atoms with Crippen molar-refractivity contribution in [3.63, 3.8) is 0 Å². The highest BCUT2D eigenvalue weighted by Crippen LogP contribution is 2.39. The van der Waals surface area contributed by atoms with E-state index in [1.54, 1.807) is 46.4 Å². The summed E-state index contributed by atoms with van der Waals surface area (Å²) in [6.07, 6.45) is 3.68. The number of benzene rings is 1. The Hall–Kier alpha value is -3.17. The summed E-state index contributed by atoms with van der Waals surface area (Å²) in [7, 11) is 0. The number of carbonyl (C=O) groups excluding carboxylic acids is 2. The molecule has 32 heavy (non-hydrogen) atoms. The van der Waals surface area contributed by atoms with Crippen LogP contribution >= 0.6 is 11.3 Å². The third kappa shape index (κ3) is 2.96. The van der Waals surface area contributed by atoms with E-state index >= 15 is 0 Å². The fourth-order valence-corrected chi connectivity index (χ4v) is 5.59. The summed E-state index contributed by atoms with van der Waals surface area (Å²) in [5.41, 5.74) is 2.80. The summed E-state index contributed by atoms with van der Waals surface area (Å²) < 4.78 is 7.69. The second kappa shape index (κ2) is 6.91. The number of imide groups is 1. The largest absolute Gasteiger partial charge is 0.370 e. The summed E-state index contributed by atoms with van der Waals surface area (Å²) in [6.45, 7) is 5.13. The molecule has 0 saturated heterocycles. The van der Waals surface area contributed by atoms with E-state index < -0.39 is 0 Å². The number of rotatable bonds is 4. The fourth-order valence-electron chi connectivity index (χ4n) is 4.53. The molecular weight excluding hydrogens is 426 g/mol. The number of ether oxygens (including phenoxy) is 1. The number of hydrogen-bond acceptors (Lipinski definition) is 7. The molecule has 6 rings (SSSR count). The quantitative estimate of drug-likeness (QED) is 0.446. The number of amides is 2. The van der Waals surface area contributed by atoms with Crippen LogP contribution in [-0.2, 0) is 24.2 Å². The Morgan fingerprint density at radius 1 is 1.16 bits per heavy atom. The normalized spacial score (nSPS) is 17.4. The molecule has 0 radical (unpaired) electrons. The Labute approximate surface area is 187 Å². The first-order valence-electron chi connectivity index (χ1n) is 10.6. The smallest absolute Gasteiger partial charge is 0.261 e. The molecule has 0 bridgehead atoms. The summed E-state index contributed by atoms with van der Waals surface area (Å²) in [6, 6.07) is 6.95. The lowest BCUT2D eigenvalue weighted by molar-refractivity contribution is -0.0379. The lowest BCUT2D eigenvalue weighted by Gasteiger charge is -2.30. The van der Waals surface area contributed by atoms with Crippen molar-refractivity contribution >= 4 is 39.0 Å². The maximum Gasteiger partial charge on any atom is 0.261 e. The average molecular weight is 448 g/mol. The molecule has 1 aromatic carbocycles. The molecular formula is C23H21N5O3S. The summed E-state index contributed by atoms with van der Waals surface area (Å²) in [5, 5.41) is 5.66. The molecule has 0 N–H and O–H groups in total. The maximum atomic E-state index is 12.5. The van der Waals surface area contributed by atoms with Crippen LogP contribution in [0.25, 0.3) is 15.9 Å². The molecule has 2 aliphatic rings. The minimum absolute atomic E-state index is 0.219. The zero-order valence-corrected chi connectivity index (χ0v) is 18.6. The molecule has 0 fully saturated rings. The van der Waals surface area contributed by atoms with Gasteiger partial charge in [0.2, 0.25) is 0 Å². The minimum atomic E-state index is -0.228. The first-order valence-corrected chi connectivity index (χ1v) is 11.5. The van der Waals surface area contributed by atoms with Gasteiger partial charge in [0, 0.05) is 24.3 Å². The van der Waals surface area contributed by atoms with Crippen molar-refractivity contribution in [1.82, 2.24) is 24.5 Å². The fraction of sp³-hybridized carbons (Fsp3) is 0.348. The van der Waals surface area contributed by atoms with Crippen LogP contribution in [0.4, 0.5) is 0 Å². The van der Waals surface area contributed by atoms with E-state index in [2.05, 4.69) is 23.9 Å². The molecule has 2 aliphatic heterocycles. The Bertz CT molecular complexity index is 1390. The Morgan fingerprint density at radius 3 is 2.66 bits per heavy atom. The molecule has 9 heteroatoms. The Kier molecular flexibility index (Phi) is 4.22. The third-order valence-electron chi connectivity index (χ3n) is 6.11. The standard InChI is InChI=1S/C23H21N5O3S/c1-23(2)10-15-16(11-31-23)32-20-18(15)19-25-17(26-28(19)12-24-20)8-5-9-27-21(29)13-6-3-4-7-14(13)22(27)30/h3-4,6-7,12H,5,8-11H2,1-2H3. The van der Waals surface area contributed by atoms with Gasteiger partial charge < -0.3 is 4.74 Å². The van der Waals surface area contributed by atoms with Crippen LogP contribution in [0.3, 0.4) is 0 Å². The molecule has 0 spiro atoms. The highest BCUT2D eigenvalue weighted by molar-refractivity contribution is 7.19. The van der Waals surface area contributed by atoms with Crippen molar-refractivity contribution < 1.29 is 14.3 Å². The molecule has 2 amide bonds. The van der Waals surface area contributed by atoms with Gasteiger partial charge in [0.05, 0.1) is 28.7 Å². The zero-order valence-electron chi connectivity index (χ0n) is 17.8. The molecule has 0 saturated carbocycles. The maximum absolute atomic E-state index is 12.5. The van der Waals surface area contributed by atoms with Gasteiger partial charge in [-0.1, -0.05) is 12.1 Å². The minimum Gasteiger partial charge on any atom is -0.370 e. The van der Waals surface area contributed by atoms with Crippen LogP contribution in [0.5, 0.6) is 0 Å². The highest BCUT2D eigenvalue weighted by Gasteiger charge is 2.34. The van der Waals surface area contributed by atoms with Gasteiger partial charge in [-0.2, -0.15) is 0 Å². The molecule has 0 aliphatic carbocycles. The molecule has 162 valence electrons. The summed E-state index contributed by atoms with van der Waals surface area (Å²) in [4.78, 5) is 38.0. The number of aromatic nitrogens is 4. The van der Waals surface area contributed by atoms with E-state index in [9.17, 15) is 9.59 Å². The van der Waals surface area contributed by atoms with Crippen molar-refractivity contribution in [2.45, 2.75) is 45.3 Å². The first-order chi connectivity index (χ1) is 15.4. The van der Waals surface area contributed by atoms with Crippen LogP contribution in [0.15, 0.2) is 30.6 Å². The lowest BCUT2D eigenvalue weighted by Crippen LogP contribution is -2.31. The van der Waals surface area contributed by atoms with Crippen molar-refractivity contribution in [1.29, 1.82) is 0 Å². The number of thiophene rings is 1. The number of fused-ring (bicyclic) bond motifs is 6. The van der Waals surface area contributed by atoms with Crippen molar-refractivity contribution in [2.24, 2.45) is 0 Å². The third-order valence-corrected chi connectivity index (χ3v) is 7.23. The van der Waals surface area contributed by atoms with Gasteiger partial charge in [0.25, 0.3) is 11.8 Å². The molecule has 4 aromatic rings. The topological polar surface area (TPSA) is 89.7 Å². The van der Waals surface area contributed by atoms with E-state index in [1.165, 1.54) is 15.3 Å². The van der Waals surface area contributed by atoms with E-state index in [4.69, 9.17) is 9.72 Å². The molecule has 5 heterocycles. The van der Waals surface area contributed by atoms with Gasteiger partial charge in [-0.15, -0.1) is 16.4 Å². The van der Waals surface area contributed by atoms with Crippen LogP contribution in [0.1, 0.15) is 57.2 Å². The van der Waals surface area contributed by atoms with Gasteiger partial charge in [-0.3, -0.25) is 14.5 Å². The Balaban J connectivity index is 1.25. The number of carbonyl (C=O) groups is 2. The van der Waals surface area contributed by atoms with E-state index in [-0.39, 0.29) is 17.4 Å². The zero-order chi connectivity index (χ0) is 22.0. The van der Waals surface area contributed by atoms with E-state index in [0.717, 1.165) is 22.3 Å². The lowest BCUT2D eigenvalue weighted by atomic mass is 9.94. The van der Waals surface area contributed by atoms with Crippen molar-refractivity contribution in [3.05, 3.63) is 58.0 Å². The number of hydrogen-bond donors (Lipinski definition) is 0. The second-order valence-electron chi connectivity index (χ2n) is 8.86. The molecule has 0 atom stereocenters. The molecule has 0 unspecified atom stereocenters. The number of aryl methyl sites for hydroxylation is 1. The monoisotopic (exact) mass is 447 g/mol. The predicted molar refractivity (Wildman–Crippen MR) is 119 cm³/mol. The van der Waals surface area contributed by atoms with Crippen LogP contribution in [0, 0.1) is 0 Å². The summed E-state index contributed by atoms with van der Waals surface area (Å²) in [5.74, 6) is 0.227. The SMILES string of the molecule is CC1(C)Cc2c(sc3ncn4nc(CCCN5C(=O)c6ccccc6C5=O)nc4c23)CO1. The van der Waals surface area contributed by atoms with Crippen molar-refractivity contribution in [2.75, 3.05) is 6.54 Å². The van der Waals surface area contributed by atoms with Crippen LogP contribution in [0.2, 0.25) is 0 Å². The van der Waals surface area contributed by atoms with Crippen molar-refractivity contribution in [3.8, 4) is 0 Å². The molecule has 3 aromatic heterocycles. The van der Waals surface area contributed by atoms with Gasteiger partial charge in [0.1, 0.15) is 11.2 Å². The van der Waals surface area contributed by atoms with E-state index in [1.807, 2.05) is 0 Å². The number of nitrogens with zero attached hydrogens (tertiary/aromatic N) is 5. The van der Waals surface area contributed by atoms with Gasteiger partial charge in [0.15, 0.2) is 11.5 Å². The second-order valence-corrected chi connectivity index (χ2v) is 9.94. The van der Waals surface area contributed by atoms with Crippen LogP contribution < -0.4 is 0 Å². The Morgan fingerprint density at radius 2 is 1.91 bits per heavy atom. The van der Waals surface area contributed by atoms with Crippen LogP contribution in [-0.4, -0.2) is 48.4 Å². The predicted octanol–water partition coefficient (Wildman–Crippen LogP) is 3.42. The van der Waals surface area contributed by atoms with Gasteiger partial charge in [-0.25, -0.2) is 14.5 Å². The van der Waals surface area contributed by atoms with Gasteiger partial charge >= 0.3 is 0 Å². The van der Waals surface area contributed by atoms with E-state index in [0.29, 0.717) is 42.9 Å².